The fraction of sp³-hybridized carbons (Fsp3) is 0.167. The van der Waals surface area contributed by atoms with E-state index in [2.05, 4.69) is 15.5 Å². The average molecular weight is 496 g/mol. The number of nitro groups is 1. The first kappa shape index (κ1) is 22.3. The second-order valence-corrected chi connectivity index (χ2v) is 8.57. The molecule has 0 atom stereocenters. The lowest BCUT2D eigenvalue weighted by atomic mass is 10.0. The molecule has 0 aliphatic carbocycles. The maximum absolute atomic E-state index is 11.9. The van der Waals surface area contributed by atoms with Crippen LogP contribution in [0.15, 0.2) is 60.7 Å². The molecule has 172 valence electrons. The summed E-state index contributed by atoms with van der Waals surface area (Å²) < 4.78 is 5.38. The Labute approximate surface area is 205 Å². The van der Waals surface area contributed by atoms with E-state index < -0.39 is 0 Å². The molecule has 1 fully saturated rings. The monoisotopic (exact) mass is 495 g/mol. The zero-order valence-corrected chi connectivity index (χ0v) is 19.4. The highest BCUT2D eigenvalue weighted by Crippen LogP contribution is 2.37. The van der Waals surface area contributed by atoms with Gasteiger partial charge in [-0.2, -0.15) is 0 Å². The number of nitrogens with one attached hydrogen (secondary N) is 1. The zero-order valence-electron chi connectivity index (χ0n) is 17.9. The van der Waals surface area contributed by atoms with Crippen LogP contribution >= 0.6 is 23.2 Å². The van der Waals surface area contributed by atoms with E-state index in [0.717, 1.165) is 10.8 Å². The van der Waals surface area contributed by atoms with Gasteiger partial charge in [0.2, 0.25) is 0 Å². The predicted octanol–water partition coefficient (Wildman–Crippen LogP) is 6.09. The number of nitro benzene ring substituents is 1. The van der Waals surface area contributed by atoms with Crippen molar-refractivity contribution < 1.29 is 9.66 Å². The summed E-state index contributed by atoms with van der Waals surface area (Å²) in [6, 6.07) is 18.0. The number of anilines is 3. The Morgan fingerprint density at radius 2 is 1.71 bits per heavy atom. The number of morpholine rings is 1. The molecule has 0 spiro atoms. The van der Waals surface area contributed by atoms with Gasteiger partial charge in [0.25, 0.3) is 5.69 Å². The number of rotatable bonds is 5. The van der Waals surface area contributed by atoms with Crippen molar-refractivity contribution in [3.8, 4) is 11.3 Å². The van der Waals surface area contributed by atoms with Crippen LogP contribution < -0.4 is 10.2 Å². The predicted molar refractivity (Wildman–Crippen MR) is 134 cm³/mol. The van der Waals surface area contributed by atoms with Crippen molar-refractivity contribution in [1.29, 1.82) is 0 Å². The number of aromatic nitrogens is 2. The summed E-state index contributed by atoms with van der Waals surface area (Å²) in [5.41, 5.74) is 2.50. The molecule has 0 amide bonds. The molecule has 0 radical (unpaired) electrons. The van der Waals surface area contributed by atoms with Crippen molar-refractivity contribution >= 4 is 56.9 Å². The number of hydrogen-bond donors (Lipinski definition) is 1. The Morgan fingerprint density at radius 3 is 2.44 bits per heavy atom. The molecule has 1 saturated heterocycles. The van der Waals surface area contributed by atoms with Crippen molar-refractivity contribution in [2.75, 3.05) is 36.5 Å². The molecule has 8 nitrogen and oxygen atoms in total. The van der Waals surface area contributed by atoms with Crippen LogP contribution in [0, 0.1) is 10.1 Å². The van der Waals surface area contributed by atoms with E-state index in [1.54, 1.807) is 30.3 Å². The van der Waals surface area contributed by atoms with Gasteiger partial charge >= 0.3 is 0 Å². The van der Waals surface area contributed by atoms with Crippen LogP contribution in [0.3, 0.4) is 0 Å². The van der Waals surface area contributed by atoms with Crippen LogP contribution in [0.2, 0.25) is 10.0 Å². The number of benzene rings is 3. The van der Waals surface area contributed by atoms with E-state index in [1.165, 1.54) is 0 Å². The summed E-state index contributed by atoms with van der Waals surface area (Å²) in [6.07, 6.45) is 0. The highest BCUT2D eigenvalue weighted by molar-refractivity contribution is 6.42. The molecular formula is C24H19Cl2N5O3. The first-order chi connectivity index (χ1) is 16.5. The van der Waals surface area contributed by atoms with Gasteiger partial charge in [0.05, 0.1) is 28.2 Å². The van der Waals surface area contributed by atoms with Crippen LogP contribution in [0.4, 0.5) is 22.9 Å². The topological polar surface area (TPSA) is 93.4 Å². The normalized spacial score (nSPS) is 13.8. The Morgan fingerprint density at radius 1 is 0.941 bits per heavy atom. The molecule has 0 bridgehead atoms. The number of nitrogens with zero attached hydrogens (tertiary/aromatic N) is 4. The van der Waals surface area contributed by atoms with Crippen molar-refractivity contribution in [3.63, 3.8) is 0 Å². The third kappa shape index (κ3) is 4.35. The maximum atomic E-state index is 11.9. The lowest BCUT2D eigenvalue weighted by Gasteiger charge is -2.28. The lowest BCUT2D eigenvalue weighted by molar-refractivity contribution is -0.384. The van der Waals surface area contributed by atoms with Crippen molar-refractivity contribution in [1.82, 2.24) is 10.2 Å². The van der Waals surface area contributed by atoms with Gasteiger partial charge in [-0.1, -0.05) is 53.5 Å². The second-order valence-electron chi connectivity index (χ2n) is 7.76. The van der Waals surface area contributed by atoms with E-state index in [-0.39, 0.29) is 10.6 Å². The maximum Gasteiger partial charge on any atom is 0.293 e. The molecule has 0 saturated carbocycles. The minimum Gasteiger partial charge on any atom is -0.378 e. The van der Waals surface area contributed by atoms with Gasteiger partial charge in [-0.15, -0.1) is 10.2 Å². The van der Waals surface area contributed by atoms with Crippen LogP contribution in [0.1, 0.15) is 0 Å². The van der Waals surface area contributed by atoms with Crippen molar-refractivity contribution in [2.45, 2.75) is 0 Å². The van der Waals surface area contributed by atoms with E-state index in [4.69, 9.17) is 27.9 Å². The van der Waals surface area contributed by atoms with Crippen molar-refractivity contribution in [3.05, 3.63) is 80.8 Å². The van der Waals surface area contributed by atoms with Crippen LogP contribution in [0.5, 0.6) is 0 Å². The van der Waals surface area contributed by atoms with Crippen LogP contribution in [-0.2, 0) is 4.74 Å². The molecule has 1 aromatic heterocycles. The van der Waals surface area contributed by atoms with E-state index >= 15 is 0 Å². The summed E-state index contributed by atoms with van der Waals surface area (Å²) in [7, 11) is 0. The number of fused-ring (bicyclic) bond motifs is 1. The van der Waals surface area contributed by atoms with Crippen LogP contribution in [0.25, 0.3) is 22.0 Å². The molecule has 2 heterocycles. The minimum atomic E-state index is -0.357. The second kappa shape index (κ2) is 9.42. The Kier molecular flexibility index (Phi) is 6.19. The number of halogens is 2. The minimum absolute atomic E-state index is 0.0308. The summed E-state index contributed by atoms with van der Waals surface area (Å²) in [5.74, 6) is 0.539. The molecule has 4 aromatic rings. The third-order valence-corrected chi connectivity index (χ3v) is 6.41. The standard InChI is InChI=1S/C24H19Cl2N5O3/c25-19-7-6-16(14-20(19)26)27-24-18-4-2-1-3-17(18)23(28-29-24)15-5-8-21(22(13-15)31(32)33)30-9-11-34-12-10-30/h1-8,13-14H,9-12H2,(H,27,29). The van der Waals surface area contributed by atoms with Gasteiger partial charge in [0.15, 0.2) is 5.82 Å². The van der Waals surface area contributed by atoms with E-state index in [9.17, 15) is 10.1 Å². The Hall–Kier alpha value is -3.46. The third-order valence-electron chi connectivity index (χ3n) is 5.67. The summed E-state index contributed by atoms with van der Waals surface area (Å²) in [5, 5.41) is 26.5. The molecular weight excluding hydrogens is 477 g/mol. The Bertz CT molecular complexity index is 1390. The Balaban J connectivity index is 1.56. The zero-order chi connectivity index (χ0) is 23.7. The van der Waals surface area contributed by atoms with Crippen molar-refractivity contribution in [2.24, 2.45) is 0 Å². The largest absolute Gasteiger partial charge is 0.378 e. The fourth-order valence-corrected chi connectivity index (χ4v) is 4.31. The summed E-state index contributed by atoms with van der Waals surface area (Å²) in [4.78, 5) is 13.5. The molecule has 1 N–H and O–H groups in total. The van der Waals surface area contributed by atoms with E-state index in [1.807, 2.05) is 35.2 Å². The molecule has 10 heteroatoms. The number of ether oxygens (including phenoxy) is 1. The molecule has 3 aromatic carbocycles. The SMILES string of the molecule is O=[N+]([O-])c1cc(-c2nnc(Nc3ccc(Cl)c(Cl)c3)c3ccccc23)ccc1N1CCOCC1. The first-order valence-corrected chi connectivity index (χ1v) is 11.4. The first-order valence-electron chi connectivity index (χ1n) is 10.6. The van der Waals surface area contributed by atoms with Gasteiger partial charge in [0, 0.05) is 41.2 Å². The molecule has 34 heavy (non-hydrogen) atoms. The van der Waals surface area contributed by atoms with Gasteiger partial charge in [-0.05, 0) is 24.3 Å². The van der Waals surface area contributed by atoms with E-state index in [0.29, 0.717) is 64.8 Å². The highest BCUT2D eigenvalue weighted by atomic mass is 35.5. The summed E-state index contributed by atoms with van der Waals surface area (Å²) in [6.45, 7) is 2.31. The quantitative estimate of drug-likeness (QED) is 0.264. The molecule has 1 aliphatic rings. The number of hydrogen-bond acceptors (Lipinski definition) is 7. The van der Waals surface area contributed by atoms with Gasteiger partial charge in [0.1, 0.15) is 11.4 Å². The van der Waals surface area contributed by atoms with Gasteiger partial charge in [-0.3, -0.25) is 10.1 Å². The van der Waals surface area contributed by atoms with Crippen LogP contribution in [-0.4, -0.2) is 41.4 Å². The highest BCUT2D eigenvalue weighted by Gasteiger charge is 2.23. The average Bonchev–Trinajstić information content (AvgIpc) is 2.86. The lowest BCUT2D eigenvalue weighted by Crippen LogP contribution is -2.36. The fourth-order valence-electron chi connectivity index (χ4n) is 4.01. The van der Waals surface area contributed by atoms with Gasteiger partial charge < -0.3 is 15.0 Å². The molecule has 0 unspecified atom stereocenters. The van der Waals surface area contributed by atoms with Gasteiger partial charge in [-0.25, -0.2) is 0 Å². The summed E-state index contributed by atoms with van der Waals surface area (Å²) >= 11 is 12.2. The molecule has 1 aliphatic heterocycles. The molecule has 5 rings (SSSR count). The smallest absolute Gasteiger partial charge is 0.293 e.